The van der Waals surface area contributed by atoms with Gasteiger partial charge in [0.15, 0.2) is 0 Å². The van der Waals surface area contributed by atoms with Gasteiger partial charge >= 0.3 is 26.2 Å². The maximum atomic E-state index is 5.08. The van der Waals surface area contributed by atoms with Gasteiger partial charge in [0.1, 0.15) is 0 Å². The second kappa shape index (κ2) is 16.4. The van der Waals surface area contributed by atoms with E-state index in [9.17, 15) is 0 Å². The molecular weight excluding hydrogens is 203 g/mol. The average Bonchev–Trinajstić information content (AvgIpc) is 1.93. The molecule has 0 spiro atoms. The van der Waals surface area contributed by atoms with Crippen molar-refractivity contribution in [2.24, 2.45) is 0 Å². The molecule has 0 aliphatic rings. The van der Waals surface area contributed by atoms with Crippen molar-refractivity contribution >= 4 is 0 Å². The molecule has 0 aliphatic carbocycles. The van der Waals surface area contributed by atoms with Crippen molar-refractivity contribution in [1.82, 2.24) is 0 Å². The summed E-state index contributed by atoms with van der Waals surface area (Å²) in [6.07, 6.45) is 1.47. The van der Waals surface area contributed by atoms with Crippen molar-refractivity contribution < 1.29 is 30.9 Å². The zero-order valence-corrected chi connectivity index (χ0v) is 9.77. The summed E-state index contributed by atoms with van der Waals surface area (Å²) in [7, 11) is 0. The molecule has 0 aromatic rings. The third-order valence-electron chi connectivity index (χ3n) is 0.977. The Bertz CT molecular complexity index is 40.2. The molecule has 0 heterocycles. The Morgan fingerprint density at radius 2 is 1.80 bits per heavy atom. The SMILES string of the molecule is [CH2-]C.[CH2-]COC(C)CC.[Zr+2]. The molecule has 0 bridgehead atoms. The molecule has 0 N–H and O–H groups in total. The zero-order chi connectivity index (χ0) is 7.70. The van der Waals surface area contributed by atoms with Gasteiger partial charge in [0.05, 0.1) is 6.10 Å². The summed E-state index contributed by atoms with van der Waals surface area (Å²) in [5.41, 5.74) is 0. The van der Waals surface area contributed by atoms with Crippen molar-refractivity contribution in [1.29, 1.82) is 0 Å². The normalized spacial score (nSPS) is 10.5. The van der Waals surface area contributed by atoms with Crippen LogP contribution in [0.5, 0.6) is 0 Å². The molecule has 0 amide bonds. The molecule has 0 saturated carbocycles. The van der Waals surface area contributed by atoms with E-state index < -0.39 is 0 Å². The predicted molar refractivity (Wildman–Crippen MR) is 42.1 cm³/mol. The Kier molecular flexibility index (Phi) is 28.1. The average molecular weight is 221 g/mol. The molecule has 1 atom stereocenters. The van der Waals surface area contributed by atoms with E-state index in [4.69, 9.17) is 4.74 Å². The monoisotopic (exact) mass is 220 g/mol. The summed E-state index contributed by atoms with van der Waals surface area (Å²) in [6, 6.07) is 0. The van der Waals surface area contributed by atoms with Gasteiger partial charge in [-0.05, 0) is 13.3 Å². The van der Waals surface area contributed by atoms with Crippen LogP contribution in [-0.2, 0) is 30.9 Å². The Labute approximate surface area is 84.7 Å². The van der Waals surface area contributed by atoms with E-state index >= 15 is 0 Å². The van der Waals surface area contributed by atoms with Crippen molar-refractivity contribution in [2.45, 2.75) is 33.3 Å². The molecule has 60 valence electrons. The van der Waals surface area contributed by atoms with Crippen molar-refractivity contribution in [3.63, 3.8) is 0 Å². The van der Waals surface area contributed by atoms with Gasteiger partial charge in [-0.25, -0.2) is 0 Å². The first kappa shape index (κ1) is 17.1. The summed E-state index contributed by atoms with van der Waals surface area (Å²) in [4.78, 5) is 0. The zero-order valence-electron chi connectivity index (χ0n) is 7.31. The topological polar surface area (TPSA) is 9.23 Å². The van der Waals surface area contributed by atoms with Gasteiger partial charge in [-0.1, -0.05) is 13.5 Å². The minimum Gasteiger partial charge on any atom is -0.410 e. The van der Waals surface area contributed by atoms with Crippen molar-refractivity contribution in [3.05, 3.63) is 13.8 Å². The minimum atomic E-state index is 0. The second-order valence-electron chi connectivity index (χ2n) is 1.59. The van der Waals surface area contributed by atoms with Crippen LogP contribution in [0.4, 0.5) is 0 Å². The van der Waals surface area contributed by atoms with E-state index in [0.717, 1.165) is 6.42 Å². The Balaban J connectivity index is -0.000000149. The van der Waals surface area contributed by atoms with E-state index in [0.29, 0.717) is 12.7 Å². The van der Waals surface area contributed by atoms with E-state index in [1.165, 1.54) is 0 Å². The predicted octanol–water partition coefficient (Wildman–Crippen LogP) is 2.47. The van der Waals surface area contributed by atoms with Gasteiger partial charge in [0.25, 0.3) is 0 Å². The molecule has 2 heteroatoms. The van der Waals surface area contributed by atoms with Gasteiger partial charge in [0.2, 0.25) is 0 Å². The maximum Gasteiger partial charge on any atom is 2.00 e. The van der Waals surface area contributed by atoms with Gasteiger partial charge in [0, 0.05) is 0 Å². The molecule has 0 saturated heterocycles. The van der Waals surface area contributed by atoms with Gasteiger partial charge in [-0.3, -0.25) is 0 Å². The third kappa shape index (κ3) is 15.9. The van der Waals surface area contributed by atoms with Crippen molar-refractivity contribution in [3.8, 4) is 0 Å². The van der Waals surface area contributed by atoms with E-state index in [-0.39, 0.29) is 26.2 Å². The quantitative estimate of drug-likeness (QED) is 0.665. The van der Waals surface area contributed by atoms with E-state index in [1.54, 1.807) is 6.92 Å². The summed E-state index contributed by atoms with van der Waals surface area (Å²) in [5.74, 6) is 0. The standard InChI is InChI=1S/C6H13O.C2H5.Zr/c1-4-6(3)7-5-2;1-2;/h6H,2,4-5H2,1,3H3;1H2,2H3;/q2*-1;+2. The number of ether oxygens (including phenoxy) is 1. The number of rotatable bonds is 3. The van der Waals surface area contributed by atoms with Crippen molar-refractivity contribution in [2.75, 3.05) is 6.61 Å². The summed E-state index contributed by atoms with van der Waals surface area (Å²) in [6.45, 7) is 13.3. The molecule has 0 fully saturated rings. The summed E-state index contributed by atoms with van der Waals surface area (Å²) >= 11 is 0. The van der Waals surface area contributed by atoms with Crippen LogP contribution < -0.4 is 0 Å². The molecule has 0 radical (unpaired) electrons. The minimum absolute atomic E-state index is 0. The van der Waals surface area contributed by atoms with Crippen LogP contribution in [0, 0.1) is 13.8 Å². The van der Waals surface area contributed by atoms with Crippen LogP contribution in [0.3, 0.4) is 0 Å². The Morgan fingerprint density at radius 1 is 1.40 bits per heavy atom. The molecule has 0 aromatic carbocycles. The van der Waals surface area contributed by atoms with Gasteiger partial charge in [-0.15, -0.1) is 0 Å². The van der Waals surface area contributed by atoms with E-state index in [2.05, 4.69) is 20.8 Å². The smallest absolute Gasteiger partial charge is 0.410 e. The molecule has 0 aromatic heterocycles. The summed E-state index contributed by atoms with van der Waals surface area (Å²) < 4.78 is 5.08. The van der Waals surface area contributed by atoms with Crippen LogP contribution in [-0.4, -0.2) is 12.7 Å². The van der Waals surface area contributed by atoms with Crippen LogP contribution >= 0.6 is 0 Å². The summed E-state index contributed by atoms with van der Waals surface area (Å²) in [5, 5.41) is 0. The Morgan fingerprint density at radius 3 is 1.90 bits per heavy atom. The van der Waals surface area contributed by atoms with Crippen LogP contribution in [0.1, 0.15) is 27.2 Å². The fraction of sp³-hybridized carbons (Fsp3) is 0.750. The largest absolute Gasteiger partial charge is 2.00 e. The van der Waals surface area contributed by atoms with Crippen LogP contribution in [0.15, 0.2) is 0 Å². The fourth-order valence-electron chi connectivity index (χ4n) is 0.319. The first-order valence-corrected chi connectivity index (χ1v) is 3.42. The number of hydrogen-bond acceptors (Lipinski definition) is 1. The molecule has 10 heavy (non-hydrogen) atoms. The Hall–Kier alpha value is 0.843. The molecule has 0 rings (SSSR count). The van der Waals surface area contributed by atoms with E-state index in [1.807, 2.05) is 6.92 Å². The second-order valence-corrected chi connectivity index (χ2v) is 1.59. The van der Waals surface area contributed by atoms with Crippen LogP contribution in [0.25, 0.3) is 0 Å². The third-order valence-corrected chi connectivity index (χ3v) is 0.977. The molecule has 1 unspecified atom stereocenters. The maximum absolute atomic E-state index is 5.08. The fourth-order valence-corrected chi connectivity index (χ4v) is 0.319. The molecular formula is C8H18OZr. The first-order chi connectivity index (χ1) is 4.31. The molecule has 0 aliphatic heterocycles. The van der Waals surface area contributed by atoms with Gasteiger partial charge in [-0.2, -0.15) is 6.92 Å². The van der Waals surface area contributed by atoms with Gasteiger partial charge < -0.3 is 18.6 Å². The van der Waals surface area contributed by atoms with Crippen LogP contribution in [0.2, 0.25) is 0 Å². The number of hydrogen-bond donors (Lipinski definition) is 0. The first-order valence-electron chi connectivity index (χ1n) is 3.42. The molecule has 1 nitrogen and oxygen atoms in total.